The van der Waals surface area contributed by atoms with Gasteiger partial charge in [0.2, 0.25) is 17.5 Å². The number of aromatic nitrogens is 1. The van der Waals surface area contributed by atoms with Crippen LogP contribution in [-0.2, 0) is 16.0 Å². The molecule has 0 aliphatic carbocycles. The molecule has 1 aromatic carbocycles. The number of anilines is 1. The number of rotatable bonds is 8. The van der Waals surface area contributed by atoms with Gasteiger partial charge in [0, 0.05) is 19.1 Å². The lowest BCUT2D eigenvalue weighted by Crippen LogP contribution is -2.49. The van der Waals surface area contributed by atoms with Crippen molar-refractivity contribution in [1.82, 2.24) is 10.3 Å². The molecule has 1 aliphatic rings. The van der Waals surface area contributed by atoms with Gasteiger partial charge in [0.15, 0.2) is 0 Å². The third kappa shape index (κ3) is 5.91. The number of hydrogen-bond donors (Lipinski definition) is 3. The van der Waals surface area contributed by atoms with Crippen molar-refractivity contribution in [2.75, 3.05) is 18.0 Å². The van der Waals surface area contributed by atoms with Crippen molar-refractivity contribution >= 4 is 35.1 Å². The van der Waals surface area contributed by atoms with Gasteiger partial charge in [-0.25, -0.2) is 9.83 Å². The van der Waals surface area contributed by atoms with Gasteiger partial charge in [0.05, 0.1) is 18.2 Å². The van der Waals surface area contributed by atoms with Gasteiger partial charge in [0.25, 0.3) is 0 Å². The number of carbonyl (C=O) groups excluding carboxylic acids is 2. The number of carbonyl (C=O) groups is 2. The fraction of sp³-hybridized carbons (Fsp3) is 0.400. The second-order valence-corrected chi connectivity index (χ2v) is 9.48. The Bertz CT molecular complexity index is 1160. The van der Waals surface area contributed by atoms with E-state index in [1.807, 2.05) is 42.2 Å². The fourth-order valence-electron chi connectivity index (χ4n) is 4.07. The highest BCUT2D eigenvalue weighted by atomic mass is 32.2. The monoisotopic (exact) mass is 491 g/mol. The Balaban J connectivity index is 1.97. The number of thioether (sulfide) groups is 1. The van der Waals surface area contributed by atoms with Crippen molar-refractivity contribution in [3.05, 3.63) is 58.4 Å². The minimum atomic E-state index is -0.730. The third-order valence-electron chi connectivity index (χ3n) is 5.94. The zero-order chi connectivity index (χ0) is 25.5. The normalized spacial score (nSPS) is 15.5. The third-order valence-corrected chi connectivity index (χ3v) is 7.20. The zero-order valence-electron chi connectivity index (χ0n) is 19.8. The van der Waals surface area contributed by atoms with Crippen molar-refractivity contribution in [2.24, 2.45) is 11.5 Å². The summed E-state index contributed by atoms with van der Waals surface area (Å²) in [5.74, 6) is -0.231. The molecule has 1 aromatic heterocycles. The molecule has 2 heterocycles. The average Bonchev–Trinajstić information content (AvgIpc) is 2.86. The number of benzene rings is 1. The van der Waals surface area contributed by atoms with Gasteiger partial charge in [-0.2, -0.15) is 5.26 Å². The zero-order valence-corrected chi connectivity index (χ0v) is 20.6. The highest BCUT2D eigenvalue weighted by Gasteiger charge is 2.29. The first kappa shape index (κ1) is 26.0. The SMILES string of the molecule is [C-]#[N+]c1c(N2CCC(NC(=O)[C@@H](C)N)CC2)nc(SC(C(N)=O)c2ccccc2)c(C#N)c1CC. The quantitative estimate of drug-likeness (QED) is 0.381. The van der Waals surface area contributed by atoms with Crippen LogP contribution in [0.25, 0.3) is 4.85 Å². The van der Waals surface area contributed by atoms with E-state index in [0.29, 0.717) is 60.0 Å². The molecule has 0 saturated carbocycles. The summed E-state index contributed by atoms with van der Waals surface area (Å²) >= 11 is 1.13. The molecule has 0 spiro atoms. The Morgan fingerprint density at radius 2 is 2.00 bits per heavy atom. The van der Waals surface area contributed by atoms with E-state index in [9.17, 15) is 14.9 Å². The molecule has 2 atom stereocenters. The van der Waals surface area contributed by atoms with Crippen molar-refractivity contribution in [3.8, 4) is 6.07 Å². The molecular formula is C25H29N7O2S. The number of hydrogen-bond acceptors (Lipinski definition) is 7. The molecule has 35 heavy (non-hydrogen) atoms. The van der Waals surface area contributed by atoms with Crippen molar-refractivity contribution in [1.29, 1.82) is 5.26 Å². The van der Waals surface area contributed by atoms with E-state index in [4.69, 9.17) is 23.0 Å². The van der Waals surface area contributed by atoms with Crippen molar-refractivity contribution in [2.45, 2.75) is 55.5 Å². The summed E-state index contributed by atoms with van der Waals surface area (Å²) < 4.78 is 0. The summed E-state index contributed by atoms with van der Waals surface area (Å²) in [5, 5.41) is 12.6. The predicted molar refractivity (Wildman–Crippen MR) is 136 cm³/mol. The van der Waals surface area contributed by atoms with E-state index in [1.54, 1.807) is 6.92 Å². The molecule has 10 heteroatoms. The largest absolute Gasteiger partial charge is 0.368 e. The topological polar surface area (TPSA) is 142 Å². The molecule has 5 N–H and O–H groups in total. The number of pyridine rings is 1. The lowest BCUT2D eigenvalue weighted by atomic mass is 10.0. The molecule has 1 saturated heterocycles. The van der Waals surface area contributed by atoms with E-state index in [2.05, 4.69) is 16.2 Å². The number of primary amides is 1. The van der Waals surface area contributed by atoms with E-state index >= 15 is 0 Å². The number of nitrogens with two attached hydrogens (primary N) is 2. The molecule has 0 bridgehead atoms. The molecule has 2 amide bonds. The van der Waals surface area contributed by atoms with Gasteiger partial charge >= 0.3 is 0 Å². The average molecular weight is 492 g/mol. The van der Waals surface area contributed by atoms with E-state index in [-0.39, 0.29) is 11.9 Å². The maximum atomic E-state index is 12.3. The minimum Gasteiger partial charge on any atom is -0.368 e. The molecule has 1 fully saturated rings. The molecular weight excluding hydrogens is 462 g/mol. The van der Waals surface area contributed by atoms with Crippen LogP contribution in [0.4, 0.5) is 11.5 Å². The first-order valence-electron chi connectivity index (χ1n) is 11.5. The fourth-order valence-corrected chi connectivity index (χ4v) is 5.13. The molecule has 2 aromatic rings. The standard InChI is InChI=1S/C25H29N7O2S/c1-4-18-19(14-26)25(35-21(22(28)33)16-8-6-5-7-9-16)31-23(20(18)29-3)32-12-10-17(11-13-32)30-24(34)15(2)27/h5-9,15,17,21H,4,10-13,27H2,1-2H3,(H2,28,33)(H,30,34)/t15-,21?/m1/s1. The maximum Gasteiger partial charge on any atom is 0.236 e. The highest BCUT2D eigenvalue weighted by molar-refractivity contribution is 8.00. The van der Waals surface area contributed by atoms with Gasteiger partial charge in [-0.05, 0) is 37.3 Å². The van der Waals surface area contributed by atoms with E-state index in [1.165, 1.54) is 0 Å². The smallest absolute Gasteiger partial charge is 0.236 e. The Morgan fingerprint density at radius 3 is 2.51 bits per heavy atom. The van der Waals surface area contributed by atoms with E-state index in [0.717, 1.165) is 17.3 Å². The number of nitrogens with zero attached hydrogens (tertiary/aromatic N) is 4. The molecule has 3 rings (SSSR count). The maximum absolute atomic E-state index is 12.3. The summed E-state index contributed by atoms with van der Waals surface area (Å²) in [5.41, 5.74) is 13.4. The van der Waals surface area contributed by atoms with Crippen LogP contribution in [0.3, 0.4) is 0 Å². The summed E-state index contributed by atoms with van der Waals surface area (Å²) in [6.07, 6.45) is 1.82. The van der Waals surface area contributed by atoms with Gasteiger partial charge in [-0.1, -0.05) is 49.0 Å². The molecule has 1 unspecified atom stereocenters. The minimum absolute atomic E-state index is 0.00339. The van der Waals surface area contributed by atoms with Crippen LogP contribution in [0.2, 0.25) is 0 Å². The van der Waals surface area contributed by atoms with Crippen LogP contribution in [0.15, 0.2) is 35.4 Å². The number of nitriles is 1. The summed E-state index contributed by atoms with van der Waals surface area (Å²) in [4.78, 5) is 34.8. The Morgan fingerprint density at radius 1 is 1.34 bits per heavy atom. The van der Waals surface area contributed by atoms with Crippen molar-refractivity contribution in [3.63, 3.8) is 0 Å². The van der Waals surface area contributed by atoms with Crippen LogP contribution in [0.1, 0.15) is 48.6 Å². The number of piperidine rings is 1. The Hall–Kier alpha value is -3.60. The van der Waals surface area contributed by atoms with Crippen LogP contribution in [0, 0.1) is 17.9 Å². The highest BCUT2D eigenvalue weighted by Crippen LogP contribution is 2.43. The molecule has 0 radical (unpaired) electrons. The molecule has 1 aliphatic heterocycles. The van der Waals surface area contributed by atoms with E-state index < -0.39 is 17.2 Å². The Labute approximate surface area is 209 Å². The second-order valence-electron chi connectivity index (χ2n) is 8.39. The van der Waals surface area contributed by atoms with Crippen LogP contribution < -0.4 is 21.7 Å². The summed E-state index contributed by atoms with van der Waals surface area (Å²) in [6.45, 7) is 12.5. The molecule has 9 nitrogen and oxygen atoms in total. The predicted octanol–water partition coefficient (Wildman–Crippen LogP) is 2.82. The second kappa shape index (κ2) is 11.7. The van der Waals surface area contributed by atoms with Gasteiger partial charge in [-0.3, -0.25) is 9.59 Å². The van der Waals surface area contributed by atoms with Gasteiger partial charge < -0.3 is 21.7 Å². The summed E-state index contributed by atoms with van der Waals surface area (Å²) in [6, 6.07) is 10.7. The van der Waals surface area contributed by atoms with Crippen LogP contribution in [-0.4, -0.2) is 42.0 Å². The first-order valence-corrected chi connectivity index (χ1v) is 12.3. The lowest BCUT2D eigenvalue weighted by molar-refractivity contribution is -0.122. The van der Waals surface area contributed by atoms with Gasteiger partial charge in [0.1, 0.15) is 22.2 Å². The lowest BCUT2D eigenvalue weighted by Gasteiger charge is -2.34. The van der Waals surface area contributed by atoms with Crippen molar-refractivity contribution < 1.29 is 9.59 Å². The number of nitrogens with one attached hydrogen (secondary N) is 1. The molecule has 182 valence electrons. The van der Waals surface area contributed by atoms with Gasteiger partial charge in [-0.15, -0.1) is 0 Å². The Kier molecular flexibility index (Phi) is 8.69. The number of amides is 2. The van der Waals surface area contributed by atoms with Crippen LogP contribution >= 0.6 is 11.8 Å². The first-order chi connectivity index (χ1) is 16.8. The van der Waals surface area contributed by atoms with Crippen LogP contribution in [0.5, 0.6) is 0 Å². The summed E-state index contributed by atoms with van der Waals surface area (Å²) in [7, 11) is 0.